The van der Waals surface area contributed by atoms with Crippen LogP contribution in [-0.2, 0) is 22.6 Å². The average molecular weight is 487 g/mol. The quantitative estimate of drug-likeness (QED) is 0.514. The van der Waals surface area contributed by atoms with Crippen molar-refractivity contribution in [3.05, 3.63) is 71.3 Å². The third-order valence-corrected chi connectivity index (χ3v) is 7.75. The van der Waals surface area contributed by atoms with Gasteiger partial charge in [-0.25, -0.2) is 17.8 Å². The van der Waals surface area contributed by atoms with E-state index in [2.05, 4.69) is 9.36 Å². The Hall–Kier alpha value is -2.57. The van der Waals surface area contributed by atoms with Crippen molar-refractivity contribution in [2.45, 2.75) is 17.5 Å². The maximum atomic E-state index is 13.0. The zero-order valence-corrected chi connectivity index (χ0v) is 18.2. The standard InChI is InChI=1S/C20H18F4N4O2S2/c21-16-6-4-14(5-7-16)12-18-25-19(31-26-18)27-8-10-28(11-9-27)32(29,30)17-3-1-2-15(13-17)20(22,23)24/h1-7,13H,8-12H2. The Morgan fingerprint density at radius 1 is 1.00 bits per heavy atom. The highest BCUT2D eigenvalue weighted by molar-refractivity contribution is 7.89. The van der Waals surface area contributed by atoms with Gasteiger partial charge in [-0.15, -0.1) is 0 Å². The van der Waals surface area contributed by atoms with E-state index in [0.717, 1.165) is 17.7 Å². The predicted molar refractivity (Wildman–Crippen MR) is 112 cm³/mol. The van der Waals surface area contributed by atoms with E-state index in [4.69, 9.17) is 0 Å². The summed E-state index contributed by atoms with van der Waals surface area (Å²) in [5.41, 5.74) is -0.132. The first-order valence-electron chi connectivity index (χ1n) is 9.62. The van der Waals surface area contributed by atoms with Gasteiger partial charge < -0.3 is 4.90 Å². The van der Waals surface area contributed by atoms with E-state index in [1.54, 1.807) is 12.1 Å². The van der Waals surface area contributed by atoms with Crippen molar-refractivity contribution in [3.8, 4) is 0 Å². The summed E-state index contributed by atoms with van der Waals surface area (Å²) in [5, 5.41) is 0.637. The maximum absolute atomic E-state index is 13.0. The molecule has 170 valence electrons. The van der Waals surface area contributed by atoms with Gasteiger partial charge in [-0.1, -0.05) is 18.2 Å². The highest BCUT2D eigenvalue weighted by Crippen LogP contribution is 2.31. The molecule has 0 spiro atoms. The molecule has 0 unspecified atom stereocenters. The van der Waals surface area contributed by atoms with Crippen molar-refractivity contribution >= 4 is 26.7 Å². The number of hydrogen-bond acceptors (Lipinski definition) is 6. The van der Waals surface area contributed by atoms with Gasteiger partial charge in [-0.05, 0) is 35.9 Å². The zero-order chi connectivity index (χ0) is 22.9. The lowest BCUT2D eigenvalue weighted by molar-refractivity contribution is -0.137. The number of halogens is 4. The first-order valence-corrected chi connectivity index (χ1v) is 11.8. The summed E-state index contributed by atoms with van der Waals surface area (Å²) >= 11 is 1.19. The van der Waals surface area contributed by atoms with Crippen LogP contribution in [0.5, 0.6) is 0 Å². The maximum Gasteiger partial charge on any atom is 0.416 e. The number of benzene rings is 2. The number of anilines is 1. The number of sulfonamides is 1. The van der Waals surface area contributed by atoms with Gasteiger partial charge in [0, 0.05) is 44.1 Å². The van der Waals surface area contributed by atoms with Gasteiger partial charge in [0.15, 0.2) is 0 Å². The Bertz CT molecular complexity index is 1190. The van der Waals surface area contributed by atoms with Crippen molar-refractivity contribution in [3.63, 3.8) is 0 Å². The molecule has 32 heavy (non-hydrogen) atoms. The molecule has 0 atom stereocenters. The van der Waals surface area contributed by atoms with Crippen LogP contribution in [0.2, 0.25) is 0 Å². The molecular formula is C20H18F4N4O2S2. The van der Waals surface area contributed by atoms with E-state index >= 15 is 0 Å². The molecule has 2 heterocycles. The van der Waals surface area contributed by atoms with Crippen LogP contribution in [0.25, 0.3) is 0 Å². The number of rotatable bonds is 5. The van der Waals surface area contributed by atoms with Crippen LogP contribution >= 0.6 is 11.5 Å². The summed E-state index contributed by atoms with van der Waals surface area (Å²) in [5.74, 6) is 0.259. The van der Waals surface area contributed by atoms with Gasteiger partial charge in [0.1, 0.15) is 11.6 Å². The molecule has 3 aromatic rings. The Kier molecular flexibility index (Phi) is 6.19. The van der Waals surface area contributed by atoms with E-state index in [9.17, 15) is 26.0 Å². The van der Waals surface area contributed by atoms with Crippen LogP contribution in [0.3, 0.4) is 0 Å². The highest BCUT2D eigenvalue weighted by Gasteiger charge is 2.34. The summed E-state index contributed by atoms with van der Waals surface area (Å²) in [4.78, 5) is 6.00. The average Bonchev–Trinajstić information content (AvgIpc) is 3.23. The molecule has 4 rings (SSSR count). The molecule has 0 aliphatic carbocycles. The van der Waals surface area contributed by atoms with Crippen LogP contribution in [0.15, 0.2) is 53.4 Å². The Labute approximate surface area is 186 Å². The molecular weight excluding hydrogens is 468 g/mol. The Balaban J connectivity index is 1.41. The van der Waals surface area contributed by atoms with Gasteiger partial charge in [-0.2, -0.15) is 21.9 Å². The minimum absolute atomic E-state index is 0.117. The lowest BCUT2D eigenvalue weighted by Gasteiger charge is -2.33. The smallest absolute Gasteiger partial charge is 0.344 e. The van der Waals surface area contributed by atoms with E-state index in [1.807, 2.05) is 4.90 Å². The predicted octanol–water partition coefficient (Wildman–Crippen LogP) is 3.80. The van der Waals surface area contributed by atoms with Crippen LogP contribution in [-0.4, -0.2) is 48.3 Å². The molecule has 6 nitrogen and oxygen atoms in total. The fourth-order valence-electron chi connectivity index (χ4n) is 3.33. The highest BCUT2D eigenvalue weighted by atomic mass is 32.2. The summed E-state index contributed by atoms with van der Waals surface area (Å²) in [6, 6.07) is 9.82. The third kappa shape index (κ3) is 4.92. The van der Waals surface area contributed by atoms with Crippen LogP contribution in [0.1, 0.15) is 17.0 Å². The molecule has 1 aromatic heterocycles. The summed E-state index contributed by atoms with van der Waals surface area (Å²) in [7, 11) is -4.05. The van der Waals surface area contributed by atoms with Crippen molar-refractivity contribution in [2.75, 3.05) is 31.1 Å². The molecule has 1 saturated heterocycles. The molecule has 1 fully saturated rings. The zero-order valence-electron chi connectivity index (χ0n) is 16.6. The molecule has 1 aliphatic heterocycles. The summed E-state index contributed by atoms with van der Waals surface area (Å²) in [6.07, 6.45) is -4.17. The van der Waals surface area contributed by atoms with Crippen LogP contribution in [0, 0.1) is 5.82 Å². The normalized spacial score (nSPS) is 15.8. The molecule has 0 radical (unpaired) electrons. The fraction of sp³-hybridized carbons (Fsp3) is 0.300. The molecule has 1 aliphatic rings. The summed E-state index contributed by atoms with van der Waals surface area (Å²) < 4.78 is 83.0. The first-order chi connectivity index (χ1) is 15.1. The molecule has 12 heteroatoms. The first kappa shape index (κ1) is 22.6. The number of hydrogen-bond donors (Lipinski definition) is 0. The van der Waals surface area contributed by atoms with Crippen LogP contribution in [0.4, 0.5) is 22.7 Å². The minimum atomic E-state index is -4.62. The van der Waals surface area contributed by atoms with Gasteiger partial charge in [-0.3, -0.25) is 0 Å². The van der Waals surface area contributed by atoms with E-state index in [1.165, 1.54) is 34.0 Å². The molecule has 2 aromatic carbocycles. The second-order valence-corrected chi connectivity index (χ2v) is 9.88. The fourth-order valence-corrected chi connectivity index (χ4v) is 5.54. The molecule has 0 amide bonds. The number of alkyl halides is 3. The number of aromatic nitrogens is 2. The lowest BCUT2D eigenvalue weighted by atomic mass is 10.1. The Morgan fingerprint density at radius 3 is 2.34 bits per heavy atom. The van der Waals surface area contributed by atoms with Crippen LogP contribution < -0.4 is 4.90 Å². The third-order valence-electron chi connectivity index (χ3n) is 5.04. The van der Waals surface area contributed by atoms with Crippen molar-refractivity contribution < 1.29 is 26.0 Å². The second kappa shape index (κ2) is 8.75. The van der Waals surface area contributed by atoms with Gasteiger partial charge in [0.2, 0.25) is 15.2 Å². The second-order valence-electron chi connectivity index (χ2n) is 7.21. The lowest BCUT2D eigenvalue weighted by Crippen LogP contribution is -2.48. The van der Waals surface area contributed by atoms with E-state index < -0.39 is 21.8 Å². The number of piperazine rings is 1. The SMILES string of the molecule is O=S(=O)(c1cccc(C(F)(F)F)c1)N1CCN(c2nc(Cc3ccc(F)cc3)ns2)CC1. The van der Waals surface area contributed by atoms with E-state index in [-0.39, 0.29) is 23.8 Å². The van der Waals surface area contributed by atoms with Crippen molar-refractivity contribution in [2.24, 2.45) is 0 Å². The van der Waals surface area contributed by atoms with E-state index in [0.29, 0.717) is 36.5 Å². The Morgan fingerprint density at radius 2 is 1.69 bits per heavy atom. The summed E-state index contributed by atoms with van der Waals surface area (Å²) in [6.45, 7) is 0.906. The van der Waals surface area contributed by atoms with Gasteiger partial charge >= 0.3 is 6.18 Å². The topological polar surface area (TPSA) is 66.4 Å². The molecule has 0 saturated carbocycles. The molecule has 0 N–H and O–H groups in total. The van der Waals surface area contributed by atoms with Crippen molar-refractivity contribution in [1.82, 2.24) is 13.7 Å². The monoisotopic (exact) mass is 486 g/mol. The number of nitrogens with zero attached hydrogens (tertiary/aromatic N) is 4. The largest absolute Gasteiger partial charge is 0.416 e. The van der Waals surface area contributed by atoms with Crippen molar-refractivity contribution in [1.29, 1.82) is 0 Å². The minimum Gasteiger partial charge on any atom is -0.344 e. The van der Waals surface area contributed by atoms with Gasteiger partial charge in [0.25, 0.3) is 0 Å². The van der Waals surface area contributed by atoms with Gasteiger partial charge in [0.05, 0.1) is 10.5 Å². The molecule has 0 bridgehead atoms.